The Balaban J connectivity index is 2.89. The van der Waals surface area contributed by atoms with Crippen molar-refractivity contribution in [3.8, 4) is 5.75 Å². The Kier molecular flexibility index (Phi) is 3.50. The zero-order valence-electron chi connectivity index (χ0n) is 9.20. The van der Waals surface area contributed by atoms with Gasteiger partial charge in [-0.15, -0.1) is 0 Å². The van der Waals surface area contributed by atoms with Gasteiger partial charge < -0.3 is 16.2 Å². The molecule has 0 saturated carbocycles. The van der Waals surface area contributed by atoms with Gasteiger partial charge in [0.15, 0.2) is 0 Å². The van der Waals surface area contributed by atoms with E-state index in [1.54, 1.807) is 13.8 Å². The average Bonchev–Trinajstić information content (AvgIpc) is 2.09. The molecule has 0 saturated heterocycles. The van der Waals surface area contributed by atoms with Crippen molar-refractivity contribution in [3.63, 3.8) is 0 Å². The SMILES string of the molecule is Cc1cc(O)cc(C)c1NC(=O)CC(N)=O. The van der Waals surface area contributed by atoms with E-state index in [9.17, 15) is 14.7 Å². The van der Waals surface area contributed by atoms with E-state index in [4.69, 9.17) is 5.73 Å². The molecule has 0 aliphatic heterocycles. The Labute approximate surface area is 93.3 Å². The van der Waals surface area contributed by atoms with Crippen LogP contribution in [-0.2, 0) is 9.59 Å². The number of carbonyl (C=O) groups is 2. The van der Waals surface area contributed by atoms with Gasteiger partial charge in [-0.2, -0.15) is 0 Å². The number of hydrogen-bond donors (Lipinski definition) is 3. The highest BCUT2D eigenvalue weighted by Crippen LogP contribution is 2.25. The molecule has 0 radical (unpaired) electrons. The summed E-state index contributed by atoms with van der Waals surface area (Å²) in [5.74, 6) is -0.987. The number of hydrogen-bond acceptors (Lipinski definition) is 3. The van der Waals surface area contributed by atoms with Crippen molar-refractivity contribution in [2.45, 2.75) is 20.3 Å². The van der Waals surface area contributed by atoms with Crippen molar-refractivity contribution < 1.29 is 14.7 Å². The quantitative estimate of drug-likeness (QED) is 0.522. The van der Waals surface area contributed by atoms with E-state index in [-0.39, 0.29) is 12.2 Å². The van der Waals surface area contributed by atoms with Gasteiger partial charge in [0.1, 0.15) is 12.2 Å². The number of primary amides is 1. The standard InChI is InChI=1S/C11H14N2O3/c1-6-3-8(14)4-7(2)11(6)13-10(16)5-9(12)15/h3-4,14H,5H2,1-2H3,(H2,12,15)(H,13,16). The minimum atomic E-state index is -0.674. The molecule has 0 heterocycles. The van der Waals surface area contributed by atoms with Crippen LogP contribution >= 0.6 is 0 Å². The summed E-state index contributed by atoms with van der Waals surface area (Å²) >= 11 is 0. The Hall–Kier alpha value is -2.04. The molecule has 1 aromatic rings. The number of anilines is 1. The fraction of sp³-hybridized carbons (Fsp3) is 0.273. The van der Waals surface area contributed by atoms with Gasteiger partial charge in [-0.25, -0.2) is 0 Å². The lowest BCUT2D eigenvalue weighted by Crippen LogP contribution is -2.22. The number of aromatic hydroxyl groups is 1. The molecule has 0 atom stereocenters. The molecule has 1 aromatic carbocycles. The van der Waals surface area contributed by atoms with Gasteiger partial charge in [0, 0.05) is 5.69 Å². The summed E-state index contributed by atoms with van der Waals surface area (Å²) in [7, 11) is 0. The largest absolute Gasteiger partial charge is 0.508 e. The highest BCUT2D eigenvalue weighted by atomic mass is 16.3. The molecule has 2 amide bonds. The smallest absolute Gasteiger partial charge is 0.233 e. The molecule has 5 nitrogen and oxygen atoms in total. The Morgan fingerprint density at radius 1 is 1.31 bits per heavy atom. The van der Waals surface area contributed by atoms with Crippen LogP contribution in [0.2, 0.25) is 0 Å². The molecule has 16 heavy (non-hydrogen) atoms. The van der Waals surface area contributed by atoms with Crippen LogP contribution in [0.3, 0.4) is 0 Å². The summed E-state index contributed by atoms with van der Waals surface area (Å²) in [6.45, 7) is 3.51. The van der Waals surface area contributed by atoms with E-state index in [1.807, 2.05) is 0 Å². The molecular formula is C11H14N2O3. The van der Waals surface area contributed by atoms with Crippen LogP contribution in [0.1, 0.15) is 17.5 Å². The lowest BCUT2D eigenvalue weighted by molar-refractivity contribution is -0.124. The van der Waals surface area contributed by atoms with E-state index in [1.165, 1.54) is 12.1 Å². The topological polar surface area (TPSA) is 92.4 Å². The van der Waals surface area contributed by atoms with Crippen LogP contribution in [-0.4, -0.2) is 16.9 Å². The van der Waals surface area contributed by atoms with Crippen LogP contribution < -0.4 is 11.1 Å². The molecule has 0 unspecified atom stereocenters. The van der Waals surface area contributed by atoms with Gasteiger partial charge in [-0.3, -0.25) is 9.59 Å². The maximum atomic E-state index is 11.3. The van der Waals surface area contributed by atoms with Crippen LogP contribution in [0, 0.1) is 13.8 Å². The van der Waals surface area contributed by atoms with E-state index in [0.717, 1.165) is 11.1 Å². The molecule has 0 aliphatic rings. The van der Waals surface area contributed by atoms with Crippen molar-refractivity contribution in [3.05, 3.63) is 23.3 Å². The van der Waals surface area contributed by atoms with Gasteiger partial charge in [0.25, 0.3) is 0 Å². The van der Waals surface area contributed by atoms with Crippen LogP contribution in [0.4, 0.5) is 5.69 Å². The van der Waals surface area contributed by atoms with Crippen LogP contribution in [0.25, 0.3) is 0 Å². The predicted octanol–water partition coefficient (Wildman–Crippen LogP) is 0.823. The molecule has 0 bridgehead atoms. The Morgan fingerprint density at radius 3 is 2.25 bits per heavy atom. The van der Waals surface area contributed by atoms with E-state index in [0.29, 0.717) is 5.69 Å². The molecule has 0 spiro atoms. The molecular weight excluding hydrogens is 208 g/mol. The summed E-state index contributed by atoms with van der Waals surface area (Å²) in [6, 6.07) is 3.07. The first kappa shape index (κ1) is 12.0. The van der Waals surface area contributed by atoms with Gasteiger partial charge in [-0.05, 0) is 37.1 Å². The lowest BCUT2D eigenvalue weighted by Gasteiger charge is -2.11. The van der Waals surface area contributed by atoms with Crippen molar-refractivity contribution in [1.29, 1.82) is 0 Å². The highest BCUT2D eigenvalue weighted by Gasteiger charge is 2.10. The average molecular weight is 222 g/mol. The summed E-state index contributed by atoms with van der Waals surface area (Å²) in [6.07, 6.45) is -0.347. The molecule has 1 rings (SSSR count). The number of aryl methyl sites for hydroxylation is 2. The third-order valence-corrected chi connectivity index (χ3v) is 2.12. The molecule has 4 N–H and O–H groups in total. The summed E-state index contributed by atoms with van der Waals surface area (Å²) in [4.78, 5) is 21.9. The van der Waals surface area contributed by atoms with Gasteiger partial charge in [0.05, 0.1) is 0 Å². The van der Waals surface area contributed by atoms with Crippen molar-refractivity contribution in [2.75, 3.05) is 5.32 Å². The zero-order valence-corrected chi connectivity index (χ0v) is 9.20. The van der Waals surface area contributed by atoms with Crippen molar-refractivity contribution in [2.24, 2.45) is 5.73 Å². The van der Waals surface area contributed by atoms with Crippen molar-refractivity contribution in [1.82, 2.24) is 0 Å². The van der Waals surface area contributed by atoms with E-state index < -0.39 is 11.8 Å². The summed E-state index contributed by atoms with van der Waals surface area (Å²) in [5, 5.41) is 11.9. The lowest BCUT2D eigenvalue weighted by atomic mass is 10.1. The number of amides is 2. The maximum absolute atomic E-state index is 11.3. The number of carbonyl (C=O) groups excluding carboxylic acids is 2. The number of phenols is 1. The molecule has 0 aromatic heterocycles. The second kappa shape index (κ2) is 4.65. The Morgan fingerprint density at radius 2 is 1.81 bits per heavy atom. The molecule has 86 valence electrons. The number of rotatable bonds is 3. The normalized spacial score (nSPS) is 9.88. The predicted molar refractivity (Wildman–Crippen MR) is 60.0 cm³/mol. The molecule has 5 heteroatoms. The van der Waals surface area contributed by atoms with E-state index >= 15 is 0 Å². The Bertz CT molecular complexity index is 418. The summed E-state index contributed by atoms with van der Waals surface area (Å²) in [5.41, 5.74) is 6.97. The third-order valence-electron chi connectivity index (χ3n) is 2.12. The fourth-order valence-corrected chi connectivity index (χ4v) is 1.48. The third kappa shape index (κ3) is 2.98. The summed E-state index contributed by atoms with van der Waals surface area (Å²) < 4.78 is 0. The van der Waals surface area contributed by atoms with Crippen LogP contribution in [0.5, 0.6) is 5.75 Å². The van der Waals surface area contributed by atoms with Crippen molar-refractivity contribution >= 4 is 17.5 Å². The fourth-order valence-electron chi connectivity index (χ4n) is 1.48. The highest BCUT2D eigenvalue weighted by molar-refractivity contribution is 6.03. The number of nitrogens with two attached hydrogens (primary N) is 1. The second-order valence-electron chi connectivity index (χ2n) is 3.65. The van der Waals surface area contributed by atoms with Crippen LogP contribution in [0.15, 0.2) is 12.1 Å². The first-order valence-electron chi connectivity index (χ1n) is 4.78. The molecule has 0 fully saturated rings. The minimum absolute atomic E-state index is 0.142. The monoisotopic (exact) mass is 222 g/mol. The minimum Gasteiger partial charge on any atom is -0.508 e. The zero-order chi connectivity index (χ0) is 12.3. The second-order valence-corrected chi connectivity index (χ2v) is 3.65. The first-order valence-corrected chi connectivity index (χ1v) is 4.78. The number of benzene rings is 1. The maximum Gasteiger partial charge on any atom is 0.233 e. The number of nitrogens with one attached hydrogen (secondary N) is 1. The molecule has 0 aliphatic carbocycles. The van der Waals surface area contributed by atoms with Gasteiger partial charge in [0.2, 0.25) is 11.8 Å². The number of phenolic OH excluding ortho intramolecular Hbond substituents is 1. The first-order chi connectivity index (χ1) is 7.40. The van der Waals surface area contributed by atoms with Gasteiger partial charge >= 0.3 is 0 Å². The van der Waals surface area contributed by atoms with Gasteiger partial charge in [-0.1, -0.05) is 0 Å². The van der Waals surface area contributed by atoms with E-state index in [2.05, 4.69) is 5.32 Å².